The molecule has 18 heavy (non-hydrogen) atoms. The molecular weight excluding hydrogens is 250 g/mol. The van der Waals surface area contributed by atoms with E-state index in [4.69, 9.17) is 5.73 Å². The number of sulfone groups is 1. The molecule has 2 saturated heterocycles. The number of nitrogens with two attached hydrogens (primary N) is 1. The molecule has 0 radical (unpaired) electrons. The molecule has 2 aliphatic rings. The van der Waals surface area contributed by atoms with Crippen LogP contribution in [0.15, 0.2) is 0 Å². The molecule has 0 aliphatic carbocycles. The average molecular weight is 275 g/mol. The monoisotopic (exact) mass is 275 g/mol. The maximum absolute atomic E-state index is 11.3. The molecule has 0 aromatic heterocycles. The van der Waals surface area contributed by atoms with Gasteiger partial charge in [0.15, 0.2) is 0 Å². The molecule has 2 rings (SSSR count). The Kier molecular flexibility index (Phi) is 4.64. The van der Waals surface area contributed by atoms with E-state index in [-0.39, 0.29) is 6.04 Å². The number of nitrogens with zero attached hydrogens (tertiary/aromatic N) is 1. The topological polar surface area (TPSA) is 75.4 Å². The molecule has 0 bridgehead atoms. The lowest BCUT2D eigenvalue weighted by Gasteiger charge is -2.42. The minimum atomic E-state index is -2.83. The van der Waals surface area contributed by atoms with Gasteiger partial charge in [0, 0.05) is 24.9 Å². The van der Waals surface area contributed by atoms with Crippen molar-refractivity contribution >= 4 is 9.84 Å². The van der Waals surface area contributed by atoms with Crippen molar-refractivity contribution in [2.45, 2.75) is 31.3 Å². The van der Waals surface area contributed by atoms with Gasteiger partial charge in [-0.3, -0.25) is 4.90 Å². The molecule has 2 aliphatic heterocycles. The number of nitrogens with one attached hydrogen (secondary N) is 1. The molecule has 0 aromatic carbocycles. The van der Waals surface area contributed by atoms with Gasteiger partial charge >= 0.3 is 0 Å². The Bertz CT molecular complexity index is 364. The van der Waals surface area contributed by atoms with E-state index in [1.54, 1.807) is 0 Å². The van der Waals surface area contributed by atoms with E-state index in [0.717, 1.165) is 45.4 Å². The van der Waals surface area contributed by atoms with Crippen molar-refractivity contribution in [2.24, 2.45) is 11.7 Å². The van der Waals surface area contributed by atoms with E-state index < -0.39 is 9.84 Å². The van der Waals surface area contributed by atoms with E-state index >= 15 is 0 Å². The first-order valence-corrected chi connectivity index (χ1v) is 8.90. The fourth-order valence-electron chi connectivity index (χ4n) is 3.20. The molecule has 3 N–H and O–H groups in total. The molecule has 5 nitrogen and oxygen atoms in total. The molecular formula is C12H25N3O2S. The standard InChI is InChI=1S/C12H25N3O2S/c1-18(16,17)9-10-3-6-15(7-4-10)12-2-5-14-8-11(12)13/h10-12,14H,2-9,13H2,1H3/t11-,12?/m0/s1. The van der Waals surface area contributed by atoms with E-state index in [1.807, 2.05) is 0 Å². The summed E-state index contributed by atoms with van der Waals surface area (Å²) in [4.78, 5) is 2.46. The summed E-state index contributed by atoms with van der Waals surface area (Å²) in [6.45, 7) is 3.94. The maximum atomic E-state index is 11.3. The van der Waals surface area contributed by atoms with Crippen LogP contribution < -0.4 is 11.1 Å². The van der Waals surface area contributed by atoms with Crippen molar-refractivity contribution in [3.8, 4) is 0 Å². The summed E-state index contributed by atoms with van der Waals surface area (Å²) in [5, 5.41) is 3.31. The lowest BCUT2D eigenvalue weighted by Crippen LogP contribution is -2.58. The number of rotatable bonds is 3. The van der Waals surface area contributed by atoms with Crippen LogP contribution in [0, 0.1) is 5.92 Å². The second-order valence-corrected chi connectivity index (χ2v) is 7.98. The van der Waals surface area contributed by atoms with Gasteiger partial charge in [-0.15, -0.1) is 0 Å². The molecule has 6 heteroatoms. The summed E-state index contributed by atoms with van der Waals surface area (Å²) in [6.07, 6.45) is 4.42. The van der Waals surface area contributed by atoms with Gasteiger partial charge in [-0.1, -0.05) is 0 Å². The van der Waals surface area contributed by atoms with Gasteiger partial charge in [0.25, 0.3) is 0 Å². The Hall–Kier alpha value is -0.170. The van der Waals surface area contributed by atoms with Gasteiger partial charge in [-0.05, 0) is 44.8 Å². The third-order valence-corrected chi connectivity index (χ3v) is 5.22. The molecule has 0 spiro atoms. The van der Waals surface area contributed by atoms with Gasteiger partial charge in [0.2, 0.25) is 0 Å². The maximum Gasteiger partial charge on any atom is 0.147 e. The predicted molar refractivity (Wildman–Crippen MR) is 73.3 cm³/mol. The van der Waals surface area contributed by atoms with E-state index in [0.29, 0.717) is 17.7 Å². The van der Waals surface area contributed by atoms with Crippen LogP contribution in [0.1, 0.15) is 19.3 Å². The van der Waals surface area contributed by atoms with Gasteiger partial charge in [0.1, 0.15) is 9.84 Å². The highest BCUT2D eigenvalue weighted by Gasteiger charge is 2.31. The van der Waals surface area contributed by atoms with Crippen molar-refractivity contribution in [2.75, 3.05) is 38.2 Å². The molecule has 2 fully saturated rings. The summed E-state index contributed by atoms with van der Waals surface area (Å²) < 4.78 is 22.6. The van der Waals surface area contributed by atoms with Gasteiger partial charge in [-0.2, -0.15) is 0 Å². The number of piperidine rings is 2. The van der Waals surface area contributed by atoms with Crippen LogP contribution in [0.2, 0.25) is 0 Å². The van der Waals surface area contributed by atoms with E-state index in [9.17, 15) is 8.42 Å². The summed E-state index contributed by atoms with van der Waals surface area (Å²) in [5.74, 6) is 0.688. The van der Waals surface area contributed by atoms with Crippen LogP contribution in [0.4, 0.5) is 0 Å². The SMILES string of the molecule is CS(=O)(=O)CC1CCN(C2CCNC[C@@H]2N)CC1. The van der Waals surface area contributed by atoms with Crippen molar-refractivity contribution < 1.29 is 8.42 Å². The Morgan fingerprint density at radius 1 is 1.28 bits per heavy atom. The Morgan fingerprint density at radius 3 is 2.50 bits per heavy atom. The second-order valence-electron chi connectivity index (χ2n) is 5.80. The first-order valence-electron chi connectivity index (χ1n) is 6.84. The van der Waals surface area contributed by atoms with Crippen LogP contribution in [-0.4, -0.2) is 63.6 Å². The zero-order valence-corrected chi connectivity index (χ0v) is 12.0. The molecule has 1 unspecified atom stereocenters. The Morgan fingerprint density at radius 2 is 1.94 bits per heavy atom. The van der Waals surface area contributed by atoms with Crippen molar-refractivity contribution in [3.05, 3.63) is 0 Å². The summed E-state index contributed by atoms with van der Waals surface area (Å²) >= 11 is 0. The van der Waals surface area contributed by atoms with Crippen LogP contribution in [0.5, 0.6) is 0 Å². The van der Waals surface area contributed by atoms with Crippen LogP contribution in [0.25, 0.3) is 0 Å². The normalized spacial score (nSPS) is 32.6. The number of likely N-dealkylation sites (tertiary alicyclic amines) is 1. The zero-order chi connectivity index (χ0) is 13.2. The quantitative estimate of drug-likeness (QED) is 0.721. The first kappa shape index (κ1) is 14.2. The molecule has 0 saturated carbocycles. The summed E-state index contributed by atoms with van der Waals surface area (Å²) in [7, 11) is -2.83. The smallest absolute Gasteiger partial charge is 0.147 e. The minimum Gasteiger partial charge on any atom is -0.325 e. The first-order chi connectivity index (χ1) is 8.46. The second kappa shape index (κ2) is 5.86. The molecule has 106 valence electrons. The molecule has 0 aromatic rings. The summed E-state index contributed by atoms with van der Waals surface area (Å²) in [5.41, 5.74) is 6.15. The third kappa shape index (κ3) is 3.91. The van der Waals surface area contributed by atoms with Gasteiger partial charge in [0.05, 0.1) is 5.75 Å². The number of hydrogen-bond donors (Lipinski definition) is 2. The summed E-state index contributed by atoms with van der Waals surface area (Å²) in [6, 6.07) is 0.690. The fourth-order valence-corrected chi connectivity index (χ4v) is 4.39. The van der Waals surface area contributed by atoms with Crippen molar-refractivity contribution in [1.29, 1.82) is 0 Å². The molecule has 2 atom stereocenters. The number of hydrogen-bond acceptors (Lipinski definition) is 5. The molecule has 0 amide bonds. The Labute approximate surface area is 110 Å². The zero-order valence-electron chi connectivity index (χ0n) is 11.1. The minimum absolute atomic E-state index is 0.213. The van der Waals surface area contributed by atoms with Crippen LogP contribution in [-0.2, 0) is 9.84 Å². The Balaban J connectivity index is 1.82. The van der Waals surface area contributed by atoms with Crippen molar-refractivity contribution in [3.63, 3.8) is 0 Å². The predicted octanol–water partition coefficient (Wildman–Crippen LogP) is -0.568. The lowest BCUT2D eigenvalue weighted by molar-refractivity contribution is 0.103. The van der Waals surface area contributed by atoms with Crippen molar-refractivity contribution in [1.82, 2.24) is 10.2 Å². The third-order valence-electron chi connectivity index (χ3n) is 4.15. The highest BCUT2D eigenvalue weighted by Crippen LogP contribution is 2.23. The fraction of sp³-hybridized carbons (Fsp3) is 1.00. The highest BCUT2D eigenvalue weighted by atomic mass is 32.2. The van der Waals surface area contributed by atoms with Crippen LogP contribution in [0.3, 0.4) is 0 Å². The molecule has 2 heterocycles. The van der Waals surface area contributed by atoms with E-state index in [1.165, 1.54) is 6.26 Å². The van der Waals surface area contributed by atoms with E-state index in [2.05, 4.69) is 10.2 Å². The van der Waals surface area contributed by atoms with Crippen LogP contribution >= 0.6 is 0 Å². The largest absolute Gasteiger partial charge is 0.325 e. The highest BCUT2D eigenvalue weighted by molar-refractivity contribution is 7.90. The lowest BCUT2D eigenvalue weighted by atomic mass is 9.93. The van der Waals surface area contributed by atoms with Gasteiger partial charge in [-0.25, -0.2) is 8.42 Å². The van der Waals surface area contributed by atoms with Gasteiger partial charge < -0.3 is 11.1 Å². The average Bonchev–Trinajstić information content (AvgIpc) is 2.29.